The molecule has 0 aliphatic rings. The van der Waals surface area contributed by atoms with Crippen LogP contribution in [0.1, 0.15) is 25.1 Å². The molecule has 0 radical (unpaired) electrons. The maximum atomic E-state index is 9.75. The number of nitrogens with one attached hydrogen (secondary N) is 2. The molecule has 0 atom stereocenters. The number of aromatic nitrogens is 3. The molecule has 152 valence electrons. The Morgan fingerprint density at radius 2 is 1.83 bits per heavy atom. The molecule has 3 rings (SSSR count). The Kier molecular flexibility index (Phi) is 5.48. The summed E-state index contributed by atoms with van der Waals surface area (Å²) in [6.45, 7) is 6.26. The van der Waals surface area contributed by atoms with Gasteiger partial charge in [-0.1, -0.05) is 0 Å². The minimum Gasteiger partial charge on any atom is -0.497 e. The van der Waals surface area contributed by atoms with E-state index in [0.29, 0.717) is 46.6 Å². The summed E-state index contributed by atoms with van der Waals surface area (Å²) in [6.07, 6.45) is 0. The zero-order valence-corrected chi connectivity index (χ0v) is 17.2. The third-order valence-corrected chi connectivity index (χ3v) is 4.17. The van der Waals surface area contributed by atoms with Crippen molar-refractivity contribution in [2.45, 2.75) is 26.3 Å². The van der Waals surface area contributed by atoms with Gasteiger partial charge < -0.3 is 25.8 Å². The number of hydrogen-bond acceptors (Lipinski definition) is 8. The van der Waals surface area contributed by atoms with Crippen molar-refractivity contribution in [3.8, 4) is 17.6 Å². The largest absolute Gasteiger partial charge is 0.497 e. The fraction of sp³-hybridized carbons (Fsp3) is 0.350. The van der Waals surface area contributed by atoms with E-state index >= 15 is 0 Å². The second kappa shape index (κ2) is 7.85. The zero-order valence-electron chi connectivity index (χ0n) is 17.2. The maximum Gasteiger partial charge on any atom is 0.177 e. The normalized spacial score (nSPS) is 11.2. The van der Waals surface area contributed by atoms with E-state index in [4.69, 9.17) is 15.2 Å². The number of rotatable bonds is 7. The van der Waals surface area contributed by atoms with Crippen molar-refractivity contribution >= 4 is 23.0 Å². The highest BCUT2D eigenvalue weighted by Crippen LogP contribution is 2.30. The number of fused-ring (bicyclic) bond motifs is 1. The second-order valence-corrected chi connectivity index (χ2v) is 7.42. The summed E-state index contributed by atoms with van der Waals surface area (Å²) in [6, 6.07) is 9.42. The molecule has 0 saturated carbocycles. The van der Waals surface area contributed by atoms with Crippen molar-refractivity contribution in [3.05, 3.63) is 35.5 Å². The minimum atomic E-state index is -0.410. The molecule has 3 aromatic rings. The Bertz CT molecular complexity index is 1050. The first-order valence-corrected chi connectivity index (χ1v) is 9.07. The molecular formula is C20H25N7O2. The quantitative estimate of drug-likeness (QED) is 0.558. The number of nitriles is 1. The van der Waals surface area contributed by atoms with E-state index in [1.807, 2.05) is 26.8 Å². The Morgan fingerprint density at radius 1 is 1.17 bits per heavy atom. The van der Waals surface area contributed by atoms with E-state index in [1.54, 1.807) is 36.9 Å². The van der Waals surface area contributed by atoms with Gasteiger partial charge in [0.1, 0.15) is 28.9 Å². The van der Waals surface area contributed by atoms with Crippen molar-refractivity contribution in [2.24, 2.45) is 5.73 Å². The molecule has 0 unspecified atom stereocenters. The smallest absolute Gasteiger partial charge is 0.177 e. The molecule has 0 amide bonds. The van der Waals surface area contributed by atoms with Crippen LogP contribution in [0.2, 0.25) is 0 Å². The van der Waals surface area contributed by atoms with E-state index in [0.717, 1.165) is 5.69 Å². The van der Waals surface area contributed by atoms with E-state index in [1.165, 1.54) is 0 Å². The van der Waals surface area contributed by atoms with Gasteiger partial charge in [-0.2, -0.15) is 9.78 Å². The highest BCUT2D eigenvalue weighted by atomic mass is 16.5. The predicted octanol–water partition coefficient (Wildman–Crippen LogP) is 2.82. The van der Waals surface area contributed by atoms with Gasteiger partial charge in [0.05, 0.1) is 14.2 Å². The van der Waals surface area contributed by atoms with Crippen LogP contribution in [0.25, 0.3) is 5.65 Å². The third kappa shape index (κ3) is 4.50. The number of nitrogens with two attached hydrogens (primary N) is 1. The molecule has 0 spiro atoms. The number of ether oxygens (including phenoxy) is 2. The molecule has 2 heterocycles. The number of hydrogen-bond donors (Lipinski definition) is 3. The monoisotopic (exact) mass is 395 g/mol. The van der Waals surface area contributed by atoms with Crippen molar-refractivity contribution in [1.29, 1.82) is 5.26 Å². The molecule has 0 fully saturated rings. The summed E-state index contributed by atoms with van der Waals surface area (Å²) in [4.78, 5) is 4.50. The summed E-state index contributed by atoms with van der Waals surface area (Å²) in [7, 11) is 3.15. The molecule has 9 nitrogen and oxygen atoms in total. The molecule has 0 aliphatic heterocycles. The average Bonchev–Trinajstić information content (AvgIpc) is 3.01. The Hall–Kier alpha value is -3.51. The van der Waals surface area contributed by atoms with Crippen molar-refractivity contribution < 1.29 is 9.47 Å². The molecule has 0 saturated heterocycles. The molecular weight excluding hydrogens is 370 g/mol. The summed E-state index contributed by atoms with van der Waals surface area (Å²) in [5.74, 6) is 2.33. The molecule has 29 heavy (non-hydrogen) atoms. The van der Waals surface area contributed by atoms with Crippen molar-refractivity contribution in [3.63, 3.8) is 0 Å². The van der Waals surface area contributed by atoms with Crippen LogP contribution >= 0.6 is 0 Å². The number of methoxy groups -OCH3 is 2. The van der Waals surface area contributed by atoms with Gasteiger partial charge in [-0.05, 0) is 20.8 Å². The Morgan fingerprint density at radius 3 is 2.38 bits per heavy atom. The van der Waals surface area contributed by atoms with Crippen molar-refractivity contribution in [1.82, 2.24) is 14.6 Å². The molecule has 4 N–H and O–H groups in total. The zero-order chi connectivity index (χ0) is 21.2. The van der Waals surface area contributed by atoms with Gasteiger partial charge in [0.15, 0.2) is 11.5 Å². The molecule has 2 aromatic heterocycles. The van der Waals surface area contributed by atoms with Gasteiger partial charge in [0, 0.05) is 47.7 Å². The lowest BCUT2D eigenvalue weighted by molar-refractivity contribution is 0.395. The fourth-order valence-electron chi connectivity index (χ4n) is 2.79. The predicted molar refractivity (Wildman–Crippen MR) is 112 cm³/mol. The van der Waals surface area contributed by atoms with Gasteiger partial charge in [0.25, 0.3) is 0 Å². The van der Waals surface area contributed by atoms with E-state index in [9.17, 15) is 5.26 Å². The average molecular weight is 395 g/mol. The Labute approximate surface area is 169 Å². The van der Waals surface area contributed by atoms with Gasteiger partial charge in [0.2, 0.25) is 0 Å². The highest BCUT2D eigenvalue weighted by Gasteiger charge is 2.19. The highest BCUT2D eigenvalue weighted by molar-refractivity contribution is 5.74. The third-order valence-electron chi connectivity index (χ3n) is 4.17. The SMILES string of the molecule is COc1cc(Nc2nn3c(NCC(C)(C)N)cc(C)nc3c2C#N)cc(OC)c1. The lowest BCUT2D eigenvalue weighted by Crippen LogP contribution is -2.40. The van der Waals surface area contributed by atoms with Gasteiger partial charge in [-0.15, -0.1) is 5.10 Å². The first-order valence-electron chi connectivity index (χ1n) is 9.07. The van der Waals surface area contributed by atoms with Crippen LogP contribution in [0.4, 0.5) is 17.3 Å². The summed E-state index contributed by atoms with van der Waals surface area (Å²) in [5.41, 5.74) is 7.92. The molecule has 0 aliphatic carbocycles. The number of benzene rings is 1. The van der Waals surface area contributed by atoms with E-state index < -0.39 is 5.54 Å². The van der Waals surface area contributed by atoms with Gasteiger partial charge >= 0.3 is 0 Å². The van der Waals surface area contributed by atoms with Crippen LogP contribution in [0.5, 0.6) is 11.5 Å². The molecule has 0 bridgehead atoms. The molecule has 9 heteroatoms. The summed E-state index contributed by atoms with van der Waals surface area (Å²) < 4.78 is 12.2. The number of nitrogens with zero attached hydrogens (tertiary/aromatic N) is 4. The first-order chi connectivity index (χ1) is 13.7. The van der Waals surface area contributed by atoms with E-state index in [2.05, 4.69) is 26.8 Å². The van der Waals surface area contributed by atoms with Crippen LogP contribution in [0.15, 0.2) is 24.3 Å². The van der Waals surface area contributed by atoms with Crippen LogP contribution in [0.3, 0.4) is 0 Å². The lowest BCUT2D eigenvalue weighted by Gasteiger charge is -2.20. The minimum absolute atomic E-state index is 0.338. The van der Waals surface area contributed by atoms with Crippen LogP contribution in [-0.4, -0.2) is 40.9 Å². The second-order valence-electron chi connectivity index (χ2n) is 7.42. The summed E-state index contributed by atoms with van der Waals surface area (Å²) in [5, 5.41) is 20.8. The van der Waals surface area contributed by atoms with E-state index in [-0.39, 0.29) is 0 Å². The van der Waals surface area contributed by atoms with Crippen LogP contribution < -0.4 is 25.8 Å². The first kappa shape index (κ1) is 20.2. The fourth-order valence-corrected chi connectivity index (χ4v) is 2.79. The van der Waals surface area contributed by atoms with Gasteiger partial charge in [-0.3, -0.25) is 0 Å². The summed E-state index contributed by atoms with van der Waals surface area (Å²) >= 11 is 0. The number of anilines is 3. The standard InChI is InChI=1S/C20H25N7O2/c1-12-6-17(23-11-20(2,3)22)27-19(24-12)16(10-21)18(26-27)25-13-7-14(28-4)9-15(8-13)29-5/h6-9,23H,11,22H2,1-5H3,(H,25,26). The lowest BCUT2D eigenvalue weighted by atomic mass is 10.1. The Balaban J connectivity index is 2.06. The van der Waals surface area contributed by atoms with Crippen LogP contribution in [-0.2, 0) is 0 Å². The molecule has 1 aromatic carbocycles. The maximum absolute atomic E-state index is 9.75. The van der Waals surface area contributed by atoms with Gasteiger partial charge in [-0.25, -0.2) is 4.98 Å². The number of aryl methyl sites for hydroxylation is 1. The van der Waals surface area contributed by atoms with Crippen molar-refractivity contribution in [2.75, 3.05) is 31.4 Å². The van der Waals surface area contributed by atoms with Crippen LogP contribution in [0, 0.1) is 18.3 Å². The topological polar surface area (TPSA) is 123 Å².